The summed E-state index contributed by atoms with van der Waals surface area (Å²) >= 11 is 3.12. The van der Waals surface area contributed by atoms with Crippen LogP contribution in [-0.2, 0) is 16.1 Å². The summed E-state index contributed by atoms with van der Waals surface area (Å²) in [5.74, 6) is 0.221. The molecule has 6 heteroatoms. The molecule has 1 aromatic carbocycles. The van der Waals surface area contributed by atoms with Gasteiger partial charge in [-0.25, -0.2) is 0 Å². The minimum atomic E-state index is -0.140. The summed E-state index contributed by atoms with van der Waals surface area (Å²) in [6.07, 6.45) is 0. The summed E-state index contributed by atoms with van der Waals surface area (Å²) in [5, 5.41) is 4.83. The van der Waals surface area contributed by atoms with E-state index in [1.165, 1.54) is 11.8 Å². The summed E-state index contributed by atoms with van der Waals surface area (Å²) < 4.78 is 0. The van der Waals surface area contributed by atoms with Gasteiger partial charge < -0.3 is 10.2 Å². The lowest BCUT2D eigenvalue weighted by Crippen LogP contribution is -2.43. The Balaban J connectivity index is 1.66. The zero-order chi connectivity index (χ0) is 14.7. The molecule has 0 unspecified atom stereocenters. The normalized spacial score (nSPS) is 13.9. The number of para-hydroxylation sites is 1. The van der Waals surface area contributed by atoms with Crippen molar-refractivity contribution in [1.29, 1.82) is 0 Å². The van der Waals surface area contributed by atoms with Crippen LogP contribution in [0.1, 0.15) is 4.88 Å². The molecule has 1 aliphatic rings. The maximum Gasteiger partial charge on any atom is 0.240 e. The second-order valence-corrected chi connectivity index (χ2v) is 6.64. The SMILES string of the molecule is O=C(CN1C(=O)CSc2ccccc21)NCc1cccs1. The van der Waals surface area contributed by atoms with Gasteiger partial charge in [0.2, 0.25) is 11.8 Å². The largest absolute Gasteiger partial charge is 0.350 e. The van der Waals surface area contributed by atoms with E-state index in [2.05, 4.69) is 5.32 Å². The number of carbonyl (C=O) groups excluding carboxylic acids is 2. The van der Waals surface area contributed by atoms with Crippen LogP contribution >= 0.6 is 23.1 Å². The third kappa shape index (κ3) is 3.28. The second-order valence-electron chi connectivity index (χ2n) is 4.59. The number of hydrogen-bond donors (Lipinski definition) is 1. The Morgan fingerprint density at radius 3 is 2.90 bits per heavy atom. The number of carbonyl (C=O) groups is 2. The van der Waals surface area contributed by atoms with Crippen molar-refractivity contribution in [2.45, 2.75) is 11.4 Å². The number of thioether (sulfide) groups is 1. The van der Waals surface area contributed by atoms with Crippen molar-refractivity contribution in [2.75, 3.05) is 17.2 Å². The third-order valence-corrected chi connectivity index (χ3v) is 5.07. The highest BCUT2D eigenvalue weighted by atomic mass is 32.2. The van der Waals surface area contributed by atoms with E-state index < -0.39 is 0 Å². The van der Waals surface area contributed by atoms with Crippen LogP contribution in [0.25, 0.3) is 0 Å². The molecule has 3 rings (SSSR count). The molecule has 1 aromatic heterocycles. The highest BCUT2D eigenvalue weighted by Gasteiger charge is 2.25. The predicted octanol–water partition coefficient (Wildman–Crippen LogP) is 2.50. The van der Waals surface area contributed by atoms with Gasteiger partial charge in [0, 0.05) is 9.77 Å². The van der Waals surface area contributed by atoms with Crippen LogP contribution in [0.5, 0.6) is 0 Å². The third-order valence-electron chi connectivity index (χ3n) is 3.15. The standard InChI is InChI=1S/C15H14N2O2S2/c18-14(16-8-11-4-3-7-20-11)9-17-12-5-1-2-6-13(12)21-10-15(17)19/h1-7H,8-10H2,(H,16,18). The summed E-state index contributed by atoms with van der Waals surface area (Å²) in [6.45, 7) is 0.580. The Kier molecular flexibility index (Phi) is 4.26. The molecule has 0 atom stereocenters. The van der Waals surface area contributed by atoms with Crippen LogP contribution < -0.4 is 10.2 Å². The summed E-state index contributed by atoms with van der Waals surface area (Å²) in [5.41, 5.74) is 0.824. The molecule has 0 saturated heterocycles. The topological polar surface area (TPSA) is 49.4 Å². The van der Waals surface area contributed by atoms with Gasteiger partial charge in [0.1, 0.15) is 6.54 Å². The van der Waals surface area contributed by atoms with E-state index in [1.807, 2.05) is 41.8 Å². The van der Waals surface area contributed by atoms with Gasteiger partial charge in [0.25, 0.3) is 0 Å². The van der Waals surface area contributed by atoms with Crippen molar-refractivity contribution in [1.82, 2.24) is 5.32 Å². The van der Waals surface area contributed by atoms with Gasteiger partial charge in [-0.05, 0) is 23.6 Å². The number of thiophene rings is 1. The van der Waals surface area contributed by atoms with Crippen molar-refractivity contribution in [3.8, 4) is 0 Å². The lowest BCUT2D eigenvalue weighted by molar-refractivity contribution is -0.123. The van der Waals surface area contributed by atoms with Gasteiger partial charge in [-0.15, -0.1) is 23.1 Å². The molecule has 2 heterocycles. The van der Waals surface area contributed by atoms with Crippen molar-refractivity contribution in [3.63, 3.8) is 0 Å². The van der Waals surface area contributed by atoms with E-state index in [4.69, 9.17) is 0 Å². The Labute approximate surface area is 131 Å². The fraction of sp³-hybridized carbons (Fsp3) is 0.200. The van der Waals surface area contributed by atoms with E-state index in [1.54, 1.807) is 16.2 Å². The maximum atomic E-state index is 12.1. The summed E-state index contributed by atoms with van der Waals surface area (Å²) in [7, 11) is 0. The lowest BCUT2D eigenvalue weighted by Gasteiger charge is -2.28. The van der Waals surface area contributed by atoms with Crippen LogP contribution in [0.2, 0.25) is 0 Å². The average Bonchev–Trinajstić information content (AvgIpc) is 3.01. The molecule has 0 bridgehead atoms. The lowest BCUT2D eigenvalue weighted by atomic mass is 10.2. The molecule has 0 spiro atoms. The first-order valence-electron chi connectivity index (χ1n) is 6.55. The Hall–Kier alpha value is -1.79. The van der Waals surface area contributed by atoms with Gasteiger partial charge in [0.15, 0.2) is 0 Å². The second kappa shape index (κ2) is 6.32. The van der Waals surface area contributed by atoms with Crippen LogP contribution in [0.15, 0.2) is 46.7 Å². The quantitative estimate of drug-likeness (QED) is 0.942. The number of rotatable bonds is 4. The molecule has 0 aliphatic carbocycles. The highest BCUT2D eigenvalue weighted by molar-refractivity contribution is 8.00. The van der Waals surface area contributed by atoms with Gasteiger partial charge >= 0.3 is 0 Å². The zero-order valence-corrected chi connectivity index (χ0v) is 12.9. The van der Waals surface area contributed by atoms with E-state index in [0.717, 1.165) is 15.5 Å². The first kappa shape index (κ1) is 14.2. The molecule has 1 N–H and O–H groups in total. The first-order chi connectivity index (χ1) is 10.2. The smallest absolute Gasteiger partial charge is 0.240 e. The highest BCUT2D eigenvalue weighted by Crippen LogP contribution is 2.34. The van der Waals surface area contributed by atoms with Crippen molar-refractivity contribution in [2.24, 2.45) is 0 Å². The zero-order valence-electron chi connectivity index (χ0n) is 11.2. The molecule has 1 aliphatic heterocycles. The van der Waals surface area contributed by atoms with Crippen LogP contribution in [0.3, 0.4) is 0 Å². The number of nitrogens with one attached hydrogen (secondary N) is 1. The number of amides is 2. The molecule has 4 nitrogen and oxygen atoms in total. The Morgan fingerprint density at radius 2 is 2.10 bits per heavy atom. The predicted molar refractivity (Wildman–Crippen MR) is 85.7 cm³/mol. The van der Waals surface area contributed by atoms with Gasteiger partial charge in [-0.1, -0.05) is 18.2 Å². The van der Waals surface area contributed by atoms with Crippen LogP contribution in [0, 0.1) is 0 Å². The number of nitrogens with zero attached hydrogens (tertiary/aromatic N) is 1. The van der Waals surface area contributed by atoms with E-state index in [0.29, 0.717) is 12.3 Å². The summed E-state index contributed by atoms with van der Waals surface area (Å²) in [4.78, 5) is 27.8. The maximum absolute atomic E-state index is 12.1. The van der Waals surface area contributed by atoms with Crippen molar-refractivity contribution in [3.05, 3.63) is 46.7 Å². The van der Waals surface area contributed by atoms with E-state index >= 15 is 0 Å². The molecular weight excluding hydrogens is 304 g/mol. The van der Waals surface area contributed by atoms with Crippen molar-refractivity contribution >= 4 is 40.6 Å². The molecular formula is C15H14N2O2S2. The summed E-state index contributed by atoms with van der Waals surface area (Å²) in [6, 6.07) is 11.6. The number of fused-ring (bicyclic) bond motifs is 1. The van der Waals surface area contributed by atoms with Gasteiger partial charge in [-0.2, -0.15) is 0 Å². The van der Waals surface area contributed by atoms with E-state index in [9.17, 15) is 9.59 Å². The number of benzene rings is 1. The fourth-order valence-electron chi connectivity index (χ4n) is 2.13. The average molecular weight is 318 g/mol. The molecule has 0 fully saturated rings. The molecule has 2 amide bonds. The minimum absolute atomic E-state index is 0.0232. The first-order valence-corrected chi connectivity index (χ1v) is 8.42. The molecule has 2 aromatic rings. The Bertz CT molecular complexity index is 655. The van der Waals surface area contributed by atoms with Crippen LogP contribution in [-0.4, -0.2) is 24.1 Å². The molecule has 21 heavy (non-hydrogen) atoms. The van der Waals surface area contributed by atoms with Gasteiger partial charge in [0.05, 0.1) is 18.0 Å². The molecule has 0 saturated carbocycles. The molecule has 108 valence electrons. The number of hydrogen-bond acceptors (Lipinski definition) is 4. The fourth-order valence-corrected chi connectivity index (χ4v) is 3.71. The van der Waals surface area contributed by atoms with Crippen molar-refractivity contribution < 1.29 is 9.59 Å². The Morgan fingerprint density at radius 1 is 1.24 bits per heavy atom. The van der Waals surface area contributed by atoms with Gasteiger partial charge in [-0.3, -0.25) is 9.59 Å². The molecule has 0 radical (unpaired) electrons. The van der Waals surface area contributed by atoms with E-state index in [-0.39, 0.29) is 18.4 Å². The minimum Gasteiger partial charge on any atom is -0.350 e. The monoisotopic (exact) mass is 318 g/mol. The van der Waals surface area contributed by atoms with Crippen LogP contribution in [0.4, 0.5) is 5.69 Å². The number of anilines is 1.